The van der Waals surface area contributed by atoms with Crippen LogP contribution in [0.1, 0.15) is 37.0 Å². The summed E-state index contributed by atoms with van der Waals surface area (Å²) in [6, 6.07) is 4.40. The van der Waals surface area contributed by atoms with Gasteiger partial charge in [0.15, 0.2) is 0 Å². The van der Waals surface area contributed by atoms with Crippen molar-refractivity contribution in [1.29, 1.82) is 0 Å². The molecule has 18 heavy (non-hydrogen) atoms. The average Bonchev–Trinajstić information content (AvgIpc) is 2.32. The van der Waals surface area contributed by atoms with Crippen molar-refractivity contribution in [2.24, 2.45) is 5.92 Å². The van der Waals surface area contributed by atoms with E-state index in [1.165, 1.54) is 18.2 Å². The van der Waals surface area contributed by atoms with Crippen molar-refractivity contribution in [2.75, 3.05) is 12.3 Å². The van der Waals surface area contributed by atoms with Gasteiger partial charge >= 0.3 is 0 Å². The first kappa shape index (κ1) is 12.9. The number of carbonyl (C=O) groups excluding carboxylic acids is 1. The Bertz CT molecular complexity index is 461. The minimum atomic E-state index is -0.480. The lowest BCUT2D eigenvalue weighted by atomic mass is 9.93. The van der Waals surface area contributed by atoms with Crippen LogP contribution in [-0.2, 0) is 0 Å². The van der Waals surface area contributed by atoms with Gasteiger partial charge < -0.3 is 10.6 Å². The molecule has 0 aliphatic carbocycles. The molecule has 1 fully saturated rings. The Morgan fingerprint density at radius 1 is 1.44 bits per heavy atom. The Hall–Kier alpha value is -1.58. The van der Waals surface area contributed by atoms with Crippen LogP contribution < -0.4 is 5.73 Å². The molecule has 4 heteroatoms. The third-order valence-corrected chi connectivity index (χ3v) is 3.64. The minimum Gasteiger partial charge on any atom is -0.396 e. The Balaban J connectivity index is 2.18. The Kier molecular flexibility index (Phi) is 3.55. The number of benzene rings is 1. The summed E-state index contributed by atoms with van der Waals surface area (Å²) >= 11 is 0. The summed E-state index contributed by atoms with van der Waals surface area (Å²) in [6.07, 6.45) is 2.04. The van der Waals surface area contributed by atoms with Crippen LogP contribution in [-0.4, -0.2) is 23.4 Å². The zero-order valence-corrected chi connectivity index (χ0v) is 10.8. The molecule has 1 heterocycles. The highest BCUT2D eigenvalue weighted by atomic mass is 19.1. The molecule has 1 aliphatic rings. The lowest BCUT2D eigenvalue weighted by molar-refractivity contribution is 0.0588. The van der Waals surface area contributed by atoms with Gasteiger partial charge in [0.1, 0.15) is 5.82 Å². The molecule has 1 aromatic carbocycles. The number of rotatable bonds is 1. The second-order valence-electron chi connectivity index (χ2n) is 5.21. The molecule has 0 bridgehead atoms. The first-order valence-electron chi connectivity index (χ1n) is 6.35. The maximum absolute atomic E-state index is 13.1. The maximum Gasteiger partial charge on any atom is 0.254 e. The average molecular weight is 250 g/mol. The number of piperidine rings is 1. The monoisotopic (exact) mass is 250 g/mol. The molecule has 98 valence electrons. The summed E-state index contributed by atoms with van der Waals surface area (Å²) in [5.41, 5.74) is 5.99. The van der Waals surface area contributed by atoms with E-state index in [9.17, 15) is 9.18 Å². The first-order chi connectivity index (χ1) is 8.49. The van der Waals surface area contributed by atoms with Gasteiger partial charge in [0.2, 0.25) is 0 Å². The second-order valence-corrected chi connectivity index (χ2v) is 5.21. The van der Waals surface area contributed by atoms with Crippen LogP contribution in [0, 0.1) is 11.7 Å². The van der Waals surface area contributed by atoms with Crippen molar-refractivity contribution in [3.8, 4) is 0 Å². The van der Waals surface area contributed by atoms with Gasteiger partial charge in [-0.15, -0.1) is 0 Å². The van der Waals surface area contributed by atoms with Gasteiger partial charge in [-0.25, -0.2) is 4.39 Å². The van der Waals surface area contributed by atoms with Gasteiger partial charge in [0, 0.05) is 18.2 Å². The van der Waals surface area contributed by atoms with Crippen molar-refractivity contribution in [3.05, 3.63) is 29.6 Å². The molecule has 0 radical (unpaired) electrons. The third-order valence-electron chi connectivity index (χ3n) is 3.64. The minimum absolute atomic E-state index is 0.0267. The number of likely N-dealkylation sites (tertiary alicyclic amines) is 1. The molecule has 1 aliphatic heterocycles. The molecule has 0 spiro atoms. The van der Waals surface area contributed by atoms with Crippen LogP contribution in [0.25, 0.3) is 0 Å². The summed E-state index contributed by atoms with van der Waals surface area (Å²) in [5, 5.41) is 0. The SMILES string of the molecule is CC1CCN(C(=O)c2ccc(F)c(N)c2)C(C)C1. The Morgan fingerprint density at radius 3 is 2.78 bits per heavy atom. The number of nitrogens with zero attached hydrogens (tertiary/aromatic N) is 1. The highest BCUT2D eigenvalue weighted by Crippen LogP contribution is 2.24. The van der Waals surface area contributed by atoms with Crippen LogP contribution in [0.15, 0.2) is 18.2 Å². The topological polar surface area (TPSA) is 46.3 Å². The van der Waals surface area contributed by atoms with Crippen molar-refractivity contribution < 1.29 is 9.18 Å². The van der Waals surface area contributed by atoms with Gasteiger partial charge in [-0.3, -0.25) is 4.79 Å². The fraction of sp³-hybridized carbons (Fsp3) is 0.500. The number of amides is 1. The summed E-state index contributed by atoms with van der Waals surface area (Å²) in [4.78, 5) is 14.2. The normalized spacial score (nSPS) is 24.1. The zero-order chi connectivity index (χ0) is 13.3. The molecule has 3 nitrogen and oxygen atoms in total. The maximum atomic E-state index is 13.1. The Labute approximate surface area is 107 Å². The van der Waals surface area contributed by atoms with Gasteiger partial charge in [-0.05, 0) is 43.9 Å². The molecule has 1 amide bonds. The highest BCUT2D eigenvalue weighted by molar-refractivity contribution is 5.95. The van der Waals surface area contributed by atoms with Gasteiger partial charge in [-0.2, -0.15) is 0 Å². The fourth-order valence-electron chi connectivity index (χ4n) is 2.55. The second kappa shape index (κ2) is 4.96. The van der Waals surface area contributed by atoms with Crippen molar-refractivity contribution in [3.63, 3.8) is 0 Å². The number of halogens is 1. The molecule has 2 N–H and O–H groups in total. The fourth-order valence-corrected chi connectivity index (χ4v) is 2.55. The van der Waals surface area contributed by atoms with Crippen molar-refractivity contribution in [2.45, 2.75) is 32.7 Å². The largest absolute Gasteiger partial charge is 0.396 e. The molecule has 1 aromatic rings. The van der Waals surface area contributed by atoms with E-state index in [2.05, 4.69) is 13.8 Å². The molecule has 2 atom stereocenters. The summed E-state index contributed by atoms with van der Waals surface area (Å²) in [7, 11) is 0. The van der Waals surface area contributed by atoms with Crippen LogP contribution >= 0.6 is 0 Å². The van der Waals surface area contributed by atoms with E-state index >= 15 is 0 Å². The van der Waals surface area contributed by atoms with Crippen LogP contribution in [0.2, 0.25) is 0 Å². The molecule has 2 rings (SSSR count). The molecule has 2 unspecified atom stereocenters. The van der Waals surface area contributed by atoms with Crippen molar-refractivity contribution >= 4 is 11.6 Å². The van der Waals surface area contributed by atoms with E-state index in [0.717, 1.165) is 19.4 Å². The summed E-state index contributed by atoms with van der Waals surface area (Å²) in [6.45, 7) is 5.02. The number of carbonyl (C=O) groups is 1. The van der Waals surface area contributed by atoms with Crippen LogP contribution in [0.4, 0.5) is 10.1 Å². The zero-order valence-electron chi connectivity index (χ0n) is 10.8. The summed E-state index contributed by atoms with van der Waals surface area (Å²) < 4.78 is 13.1. The first-order valence-corrected chi connectivity index (χ1v) is 6.35. The van der Waals surface area contributed by atoms with Gasteiger partial charge in [-0.1, -0.05) is 6.92 Å². The van der Waals surface area contributed by atoms with E-state index in [0.29, 0.717) is 11.5 Å². The molecule has 0 saturated carbocycles. The smallest absolute Gasteiger partial charge is 0.254 e. The number of nitrogen functional groups attached to an aromatic ring is 1. The van der Waals surface area contributed by atoms with E-state index < -0.39 is 5.82 Å². The molecular formula is C14H19FN2O. The van der Waals surface area contributed by atoms with Crippen molar-refractivity contribution in [1.82, 2.24) is 4.90 Å². The van der Waals surface area contributed by atoms with Crippen LogP contribution in [0.3, 0.4) is 0 Å². The molecule has 1 saturated heterocycles. The predicted octanol–water partition coefficient (Wildman–Crippen LogP) is 2.67. The number of anilines is 1. The lowest BCUT2D eigenvalue weighted by Gasteiger charge is -2.36. The van der Waals surface area contributed by atoms with E-state index in [4.69, 9.17) is 5.73 Å². The highest BCUT2D eigenvalue weighted by Gasteiger charge is 2.27. The standard InChI is InChI=1S/C14H19FN2O/c1-9-5-6-17(10(2)7-9)14(18)11-3-4-12(15)13(16)8-11/h3-4,8-10H,5-7,16H2,1-2H3. The number of nitrogens with two attached hydrogens (primary N) is 1. The third kappa shape index (κ3) is 2.47. The van der Waals surface area contributed by atoms with Crippen LogP contribution in [0.5, 0.6) is 0 Å². The predicted molar refractivity (Wildman–Crippen MR) is 69.7 cm³/mol. The lowest BCUT2D eigenvalue weighted by Crippen LogP contribution is -2.44. The van der Waals surface area contributed by atoms with Gasteiger partial charge in [0.05, 0.1) is 5.69 Å². The molecule has 0 aromatic heterocycles. The van der Waals surface area contributed by atoms with E-state index in [1.54, 1.807) is 0 Å². The van der Waals surface area contributed by atoms with Gasteiger partial charge in [0.25, 0.3) is 5.91 Å². The Morgan fingerprint density at radius 2 is 2.17 bits per heavy atom. The quantitative estimate of drug-likeness (QED) is 0.779. The van der Waals surface area contributed by atoms with E-state index in [-0.39, 0.29) is 17.6 Å². The summed E-state index contributed by atoms with van der Waals surface area (Å²) in [5.74, 6) is 0.121. The number of hydrogen-bond acceptors (Lipinski definition) is 2. The van der Waals surface area contributed by atoms with E-state index in [1.807, 2.05) is 4.90 Å². The number of hydrogen-bond donors (Lipinski definition) is 1. The molecular weight excluding hydrogens is 231 g/mol.